The number of nitrogens with one attached hydrogen (secondary N) is 1. The van der Waals surface area contributed by atoms with Crippen LogP contribution in [-0.4, -0.2) is 12.2 Å². The van der Waals surface area contributed by atoms with E-state index in [1.54, 1.807) is 12.1 Å². The van der Waals surface area contributed by atoms with Gasteiger partial charge in [0.25, 0.3) is 0 Å². The van der Waals surface area contributed by atoms with Crippen molar-refractivity contribution in [2.24, 2.45) is 4.99 Å². The second-order valence-electron chi connectivity index (χ2n) is 1.64. The molecule has 0 aliphatic heterocycles. The number of hydrogen-bond donors (Lipinski definition) is 1. The molecule has 60 valence electrons. The van der Waals surface area contributed by atoms with Crippen LogP contribution in [0, 0.1) is 5.41 Å². The molecule has 0 fully saturated rings. The van der Waals surface area contributed by atoms with Gasteiger partial charge in [-0.15, -0.1) is 0 Å². The fourth-order valence-corrected chi connectivity index (χ4v) is 0.555. The summed E-state index contributed by atoms with van der Waals surface area (Å²) >= 11 is 0. The van der Waals surface area contributed by atoms with Crippen molar-refractivity contribution in [2.75, 3.05) is 0 Å². The van der Waals surface area contributed by atoms with Crippen molar-refractivity contribution in [2.45, 2.75) is 0 Å². The molecule has 12 heavy (non-hydrogen) atoms. The molecule has 1 N–H and O–H groups in total. The molecular formula is C8H6N2O2. The predicted molar refractivity (Wildman–Crippen MR) is 42.6 cm³/mol. The van der Waals surface area contributed by atoms with Gasteiger partial charge in [0.1, 0.15) is 0 Å². The van der Waals surface area contributed by atoms with Crippen molar-refractivity contribution in [1.82, 2.24) is 0 Å². The highest BCUT2D eigenvalue weighted by atomic mass is 16.1. The van der Waals surface area contributed by atoms with Gasteiger partial charge in [-0.1, -0.05) is 18.2 Å². The lowest BCUT2D eigenvalue weighted by Gasteiger charge is -1.83. The molecule has 0 atom stereocenters. The molecule has 0 heterocycles. The third kappa shape index (κ3) is 4.82. The van der Waals surface area contributed by atoms with Crippen LogP contribution < -0.4 is 0 Å². The highest BCUT2D eigenvalue weighted by Crippen LogP contribution is 2.06. The van der Waals surface area contributed by atoms with Crippen LogP contribution in [-0.2, 0) is 9.59 Å². The fourth-order valence-electron chi connectivity index (χ4n) is 0.555. The Hall–Kier alpha value is -2.02. The lowest BCUT2D eigenvalue weighted by molar-refractivity contribution is 0.562. The molecule has 4 heteroatoms. The summed E-state index contributed by atoms with van der Waals surface area (Å²) in [6.07, 6.45) is 2.21. The zero-order chi connectivity index (χ0) is 9.23. The highest BCUT2D eigenvalue weighted by molar-refractivity contribution is 5.47. The third-order valence-corrected chi connectivity index (χ3v) is 0.931. The monoisotopic (exact) mass is 162 g/mol. The van der Waals surface area contributed by atoms with E-state index >= 15 is 0 Å². The zero-order valence-corrected chi connectivity index (χ0v) is 6.15. The molecule has 0 saturated heterocycles. The standard InChI is InChI=1S/C7H5NO.CHNO/c9-6-8-7-4-2-1-3-5-7;2-1-3/h1-5H;2H. The van der Waals surface area contributed by atoms with Crippen LogP contribution in [0.5, 0.6) is 0 Å². The Morgan fingerprint density at radius 1 is 1.17 bits per heavy atom. The van der Waals surface area contributed by atoms with Gasteiger partial charge in [0, 0.05) is 0 Å². The topological polar surface area (TPSA) is 70.3 Å². The van der Waals surface area contributed by atoms with Gasteiger partial charge in [0.2, 0.25) is 12.2 Å². The lowest BCUT2D eigenvalue weighted by atomic mass is 10.3. The lowest BCUT2D eigenvalue weighted by Crippen LogP contribution is -1.59. The van der Waals surface area contributed by atoms with Gasteiger partial charge in [-0.2, -0.15) is 4.99 Å². The van der Waals surface area contributed by atoms with E-state index in [4.69, 9.17) is 10.2 Å². The van der Waals surface area contributed by atoms with E-state index in [-0.39, 0.29) is 0 Å². The van der Waals surface area contributed by atoms with E-state index in [1.165, 1.54) is 6.08 Å². The summed E-state index contributed by atoms with van der Waals surface area (Å²) in [4.78, 5) is 21.4. The maximum absolute atomic E-state index is 9.68. The summed E-state index contributed by atoms with van der Waals surface area (Å²) in [5.74, 6) is 0. The van der Waals surface area contributed by atoms with Crippen molar-refractivity contribution in [3.8, 4) is 0 Å². The van der Waals surface area contributed by atoms with E-state index in [1.807, 2.05) is 18.2 Å². The molecule has 1 aromatic rings. The Morgan fingerprint density at radius 3 is 2.08 bits per heavy atom. The number of isocyanates is 2. The van der Waals surface area contributed by atoms with E-state index in [0.717, 1.165) is 6.08 Å². The van der Waals surface area contributed by atoms with Crippen molar-refractivity contribution in [1.29, 1.82) is 5.41 Å². The maximum atomic E-state index is 9.68. The average molecular weight is 162 g/mol. The van der Waals surface area contributed by atoms with E-state index < -0.39 is 0 Å². The van der Waals surface area contributed by atoms with Gasteiger partial charge < -0.3 is 0 Å². The molecule has 0 aliphatic carbocycles. The van der Waals surface area contributed by atoms with Crippen LogP contribution in [0.1, 0.15) is 0 Å². The van der Waals surface area contributed by atoms with Crippen LogP contribution in [0.4, 0.5) is 5.69 Å². The van der Waals surface area contributed by atoms with Gasteiger partial charge in [0.15, 0.2) is 0 Å². The molecule has 0 spiro atoms. The summed E-state index contributed by atoms with van der Waals surface area (Å²) in [5.41, 5.74) is 0.646. The SMILES string of the molecule is N=C=O.O=C=Nc1ccccc1. The molecule has 0 saturated carbocycles. The highest BCUT2D eigenvalue weighted by Gasteiger charge is 1.79. The van der Waals surface area contributed by atoms with Gasteiger partial charge in [-0.25, -0.2) is 15.0 Å². The summed E-state index contributed by atoms with van der Waals surface area (Å²) in [6.45, 7) is 0. The quantitative estimate of drug-likeness (QED) is 0.502. The maximum Gasteiger partial charge on any atom is 0.240 e. The predicted octanol–water partition coefficient (Wildman–Crippen LogP) is 1.55. The van der Waals surface area contributed by atoms with Crippen molar-refractivity contribution >= 4 is 17.8 Å². The minimum absolute atomic E-state index is 0.646. The molecule has 1 aromatic carbocycles. The molecule has 0 aliphatic rings. The minimum atomic E-state index is 0.646. The molecule has 0 bridgehead atoms. The largest absolute Gasteiger partial charge is 0.240 e. The number of carbonyl (C=O) groups excluding carboxylic acids is 2. The normalized spacial score (nSPS) is 6.67. The number of hydrogen-bond acceptors (Lipinski definition) is 4. The van der Waals surface area contributed by atoms with Crippen molar-refractivity contribution in [3.05, 3.63) is 30.3 Å². The van der Waals surface area contributed by atoms with Gasteiger partial charge in [0.05, 0.1) is 5.69 Å². The fraction of sp³-hybridized carbons (Fsp3) is 0. The van der Waals surface area contributed by atoms with Gasteiger partial charge in [-0.05, 0) is 12.1 Å². The Bertz CT molecular complexity index is 296. The van der Waals surface area contributed by atoms with Crippen LogP contribution in [0.25, 0.3) is 0 Å². The first-order valence-electron chi connectivity index (χ1n) is 3.02. The number of nitrogens with zero attached hydrogens (tertiary/aromatic N) is 1. The minimum Gasteiger partial charge on any atom is -0.222 e. The third-order valence-electron chi connectivity index (χ3n) is 0.931. The second-order valence-corrected chi connectivity index (χ2v) is 1.64. The van der Waals surface area contributed by atoms with Crippen molar-refractivity contribution in [3.63, 3.8) is 0 Å². The summed E-state index contributed by atoms with van der Waals surface area (Å²) in [7, 11) is 0. The molecule has 0 radical (unpaired) electrons. The van der Waals surface area contributed by atoms with Crippen LogP contribution >= 0.6 is 0 Å². The average Bonchev–Trinajstić information content (AvgIpc) is 2.08. The van der Waals surface area contributed by atoms with Crippen LogP contribution in [0.3, 0.4) is 0 Å². The Kier molecular flexibility index (Phi) is 5.90. The summed E-state index contributed by atoms with van der Waals surface area (Å²) in [6, 6.07) is 8.98. The number of rotatable bonds is 1. The number of aliphatic imine (C=N–C) groups is 1. The Balaban J connectivity index is 0.000000354. The van der Waals surface area contributed by atoms with Crippen LogP contribution in [0.2, 0.25) is 0 Å². The first kappa shape index (κ1) is 9.98. The number of benzene rings is 1. The Morgan fingerprint density at radius 2 is 1.67 bits per heavy atom. The molecule has 1 rings (SSSR count). The summed E-state index contributed by atoms with van der Waals surface area (Å²) < 4.78 is 0. The first-order chi connectivity index (χ1) is 5.85. The van der Waals surface area contributed by atoms with Crippen molar-refractivity contribution < 1.29 is 9.59 Å². The van der Waals surface area contributed by atoms with Crippen LogP contribution in [0.15, 0.2) is 35.3 Å². The smallest absolute Gasteiger partial charge is 0.222 e. The second kappa shape index (κ2) is 7.09. The van der Waals surface area contributed by atoms with E-state index in [2.05, 4.69) is 4.99 Å². The molecule has 0 unspecified atom stereocenters. The van der Waals surface area contributed by atoms with E-state index in [9.17, 15) is 4.79 Å². The molecule has 0 aromatic heterocycles. The molecule has 4 nitrogen and oxygen atoms in total. The van der Waals surface area contributed by atoms with E-state index in [0.29, 0.717) is 5.69 Å². The molecule has 0 amide bonds. The molecular weight excluding hydrogens is 156 g/mol. The zero-order valence-electron chi connectivity index (χ0n) is 6.15. The van der Waals surface area contributed by atoms with Gasteiger partial charge in [-0.3, -0.25) is 0 Å². The Labute approximate surface area is 69.1 Å². The first-order valence-corrected chi connectivity index (χ1v) is 3.02. The van der Waals surface area contributed by atoms with Gasteiger partial charge >= 0.3 is 0 Å². The number of para-hydroxylation sites is 1. The summed E-state index contributed by atoms with van der Waals surface area (Å²) in [5, 5.41) is 5.40.